The van der Waals surface area contributed by atoms with E-state index in [1.165, 1.54) is 0 Å². The molecule has 0 fully saturated rings. The Hall–Kier alpha value is 0.830. The average molecular weight is 221 g/mol. The number of hydrogen-bond donors (Lipinski definition) is 0. The molecule has 0 unspecified atom stereocenters. The van der Waals surface area contributed by atoms with Crippen LogP contribution in [0.25, 0.3) is 0 Å². The highest BCUT2D eigenvalue weighted by atomic mass is 35.5. The largest absolute Gasteiger partial charge is 0.299 e. The molecule has 0 heterocycles. The van der Waals surface area contributed by atoms with Crippen LogP contribution in [0.5, 0.6) is 0 Å². The minimum Gasteiger partial charge on any atom is -0.299 e. The van der Waals surface area contributed by atoms with Crippen LogP contribution in [0.2, 0.25) is 0 Å². The van der Waals surface area contributed by atoms with Crippen LogP contribution < -0.4 is 0 Å². The Kier molecular flexibility index (Phi) is 11.6. The SMILES string of the molecule is CCN(CC)C(CCl)CCl.Cl. The van der Waals surface area contributed by atoms with Crippen LogP contribution in [-0.2, 0) is 0 Å². The summed E-state index contributed by atoms with van der Waals surface area (Å²) in [6, 6.07) is 0.346. The van der Waals surface area contributed by atoms with Gasteiger partial charge in [-0.3, -0.25) is 4.90 Å². The van der Waals surface area contributed by atoms with Crippen molar-refractivity contribution >= 4 is 35.6 Å². The van der Waals surface area contributed by atoms with Crippen molar-refractivity contribution in [2.75, 3.05) is 24.8 Å². The van der Waals surface area contributed by atoms with Gasteiger partial charge in [-0.25, -0.2) is 0 Å². The molecule has 0 aromatic heterocycles. The predicted octanol–water partition coefficient (Wildman–Crippen LogP) is 2.60. The first-order valence-corrected chi connectivity index (χ1v) is 4.72. The molecule has 0 rings (SSSR count). The van der Waals surface area contributed by atoms with E-state index >= 15 is 0 Å². The maximum atomic E-state index is 5.69. The van der Waals surface area contributed by atoms with E-state index in [0.717, 1.165) is 13.1 Å². The summed E-state index contributed by atoms with van der Waals surface area (Å²) in [5.41, 5.74) is 0. The fraction of sp³-hybridized carbons (Fsp3) is 1.00. The lowest BCUT2D eigenvalue weighted by Gasteiger charge is -2.25. The molecule has 11 heavy (non-hydrogen) atoms. The van der Waals surface area contributed by atoms with Gasteiger partial charge in [-0.1, -0.05) is 13.8 Å². The molecule has 0 aromatic rings. The van der Waals surface area contributed by atoms with E-state index in [1.54, 1.807) is 0 Å². The van der Waals surface area contributed by atoms with E-state index in [-0.39, 0.29) is 12.4 Å². The molecule has 0 aliphatic heterocycles. The standard InChI is InChI=1S/C7H15Cl2N.ClH/c1-3-10(4-2)7(5-8)6-9;/h7H,3-6H2,1-2H3;1H. The lowest BCUT2D eigenvalue weighted by atomic mass is 10.3. The number of hydrogen-bond acceptors (Lipinski definition) is 1. The second-order valence-corrected chi connectivity index (χ2v) is 2.80. The summed E-state index contributed by atoms with van der Waals surface area (Å²) in [7, 11) is 0. The van der Waals surface area contributed by atoms with Crippen LogP contribution in [0.3, 0.4) is 0 Å². The number of alkyl halides is 2. The average Bonchev–Trinajstić information content (AvgIpc) is 2.00. The van der Waals surface area contributed by atoms with Gasteiger partial charge in [-0.15, -0.1) is 35.6 Å². The van der Waals surface area contributed by atoms with E-state index in [1.807, 2.05) is 0 Å². The van der Waals surface area contributed by atoms with Gasteiger partial charge in [0, 0.05) is 17.8 Å². The number of nitrogens with zero attached hydrogens (tertiary/aromatic N) is 1. The Balaban J connectivity index is 0. The third-order valence-electron chi connectivity index (χ3n) is 1.68. The van der Waals surface area contributed by atoms with Gasteiger partial charge in [0.25, 0.3) is 0 Å². The molecule has 4 heteroatoms. The zero-order chi connectivity index (χ0) is 7.98. The maximum Gasteiger partial charge on any atom is 0.0391 e. The minimum absolute atomic E-state index is 0. The molecule has 0 aromatic carbocycles. The summed E-state index contributed by atoms with van der Waals surface area (Å²) in [6.45, 7) is 6.30. The van der Waals surface area contributed by atoms with Crippen LogP contribution in [0.4, 0.5) is 0 Å². The Morgan fingerprint density at radius 3 is 1.55 bits per heavy atom. The van der Waals surface area contributed by atoms with Crippen molar-refractivity contribution in [3.05, 3.63) is 0 Å². The summed E-state index contributed by atoms with van der Waals surface area (Å²) in [4.78, 5) is 2.26. The smallest absolute Gasteiger partial charge is 0.0391 e. The van der Waals surface area contributed by atoms with Gasteiger partial charge in [-0.05, 0) is 13.1 Å². The van der Waals surface area contributed by atoms with Crippen molar-refractivity contribution in [1.82, 2.24) is 4.90 Å². The Labute approximate surface area is 85.4 Å². The van der Waals surface area contributed by atoms with Gasteiger partial charge in [0.15, 0.2) is 0 Å². The molecule has 0 aliphatic carbocycles. The normalized spacial score (nSPS) is 10.4. The van der Waals surface area contributed by atoms with Gasteiger partial charge in [0.1, 0.15) is 0 Å². The molecular weight excluding hydrogens is 204 g/mol. The monoisotopic (exact) mass is 219 g/mol. The highest BCUT2D eigenvalue weighted by molar-refractivity contribution is 6.21. The van der Waals surface area contributed by atoms with Crippen LogP contribution in [-0.4, -0.2) is 35.8 Å². The molecule has 0 spiro atoms. The van der Waals surface area contributed by atoms with Crippen molar-refractivity contribution in [3.63, 3.8) is 0 Å². The highest BCUT2D eigenvalue weighted by Crippen LogP contribution is 2.03. The van der Waals surface area contributed by atoms with Gasteiger partial charge in [0.2, 0.25) is 0 Å². The first-order valence-electron chi connectivity index (χ1n) is 3.66. The van der Waals surface area contributed by atoms with Crippen molar-refractivity contribution in [2.24, 2.45) is 0 Å². The summed E-state index contributed by atoms with van der Waals surface area (Å²) >= 11 is 11.4. The van der Waals surface area contributed by atoms with E-state index < -0.39 is 0 Å². The van der Waals surface area contributed by atoms with E-state index in [9.17, 15) is 0 Å². The third kappa shape index (κ3) is 5.13. The first-order chi connectivity index (χ1) is 4.79. The van der Waals surface area contributed by atoms with Crippen LogP contribution in [0, 0.1) is 0 Å². The van der Waals surface area contributed by atoms with Crippen molar-refractivity contribution in [2.45, 2.75) is 19.9 Å². The fourth-order valence-corrected chi connectivity index (χ4v) is 1.70. The highest BCUT2D eigenvalue weighted by Gasteiger charge is 2.11. The van der Waals surface area contributed by atoms with Crippen LogP contribution >= 0.6 is 35.6 Å². The van der Waals surface area contributed by atoms with Gasteiger partial charge >= 0.3 is 0 Å². The topological polar surface area (TPSA) is 3.24 Å². The molecule has 0 amide bonds. The molecule has 0 N–H and O–H groups in total. The van der Waals surface area contributed by atoms with Gasteiger partial charge < -0.3 is 0 Å². The minimum atomic E-state index is 0. The van der Waals surface area contributed by atoms with E-state index in [0.29, 0.717) is 17.8 Å². The van der Waals surface area contributed by atoms with Crippen molar-refractivity contribution < 1.29 is 0 Å². The molecule has 0 saturated carbocycles. The molecular formula is C7H16Cl3N. The molecule has 0 atom stereocenters. The van der Waals surface area contributed by atoms with Crippen molar-refractivity contribution in [1.29, 1.82) is 0 Å². The first kappa shape index (κ1) is 14.4. The van der Waals surface area contributed by atoms with Gasteiger partial charge in [-0.2, -0.15) is 0 Å². The number of halogens is 3. The molecule has 1 nitrogen and oxygen atoms in total. The molecule has 0 radical (unpaired) electrons. The Morgan fingerprint density at radius 2 is 1.45 bits per heavy atom. The summed E-state index contributed by atoms with van der Waals surface area (Å²) in [5, 5.41) is 0. The van der Waals surface area contributed by atoms with E-state index in [4.69, 9.17) is 23.2 Å². The van der Waals surface area contributed by atoms with Crippen LogP contribution in [0.15, 0.2) is 0 Å². The number of rotatable bonds is 5. The zero-order valence-electron chi connectivity index (χ0n) is 7.02. The second kappa shape index (κ2) is 8.92. The Morgan fingerprint density at radius 1 is 1.09 bits per heavy atom. The summed E-state index contributed by atoms with van der Waals surface area (Å²) in [6.07, 6.45) is 0. The quantitative estimate of drug-likeness (QED) is 0.644. The Bertz CT molecular complexity index is 62.1. The summed E-state index contributed by atoms with van der Waals surface area (Å²) in [5.74, 6) is 1.26. The molecule has 70 valence electrons. The van der Waals surface area contributed by atoms with Crippen molar-refractivity contribution in [3.8, 4) is 0 Å². The molecule has 0 bridgehead atoms. The molecule has 0 saturated heterocycles. The van der Waals surface area contributed by atoms with E-state index in [2.05, 4.69) is 18.7 Å². The second-order valence-electron chi connectivity index (χ2n) is 2.18. The maximum absolute atomic E-state index is 5.69. The fourth-order valence-electron chi connectivity index (χ4n) is 0.976. The lowest BCUT2D eigenvalue weighted by Crippen LogP contribution is -2.37. The third-order valence-corrected chi connectivity index (χ3v) is 2.40. The molecule has 0 aliphatic rings. The summed E-state index contributed by atoms with van der Waals surface area (Å²) < 4.78 is 0. The lowest BCUT2D eigenvalue weighted by molar-refractivity contribution is 0.251. The van der Waals surface area contributed by atoms with Crippen LogP contribution in [0.1, 0.15) is 13.8 Å². The van der Waals surface area contributed by atoms with Gasteiger partial charge in [0.05, 0.1) is 0 Å². The zero-order valence-corrected chi connectivity index (χ0v) is 9.35. The predicted molar refractivity (Wildman–Crippen MR) is 55.4 cm³/mol.